The van der Waals surface area contributed by atoms with Crippen molar-refractivity contribution in [3.05, 3.63) is 89.2 Å². The predicted molar refractivity (Wildman–Crippen MR) is 206 cm³/mol. The van der Waals surface area contributed by atoms with Gasteiger partial charge in [-0.25, -0.2) is 14.6 Å². The molecule has 2 aliphatic heterocycles. The van der Waals surface area contributed by atoms with Crippen LogP contribution >= 0.6 is 11.6 Å². The van der Waals surface area contributed by atoms with Crippen LogP contribution in [-0.2, 0) is 4.79 Å². The molecule has 53 heavy (non-hydrogen) atoms. The molecule has 278 valence electrons. The number of benzene rings is 3. The topological polar surface area (TPSA) is 172 Å². The van der Waals surface area contributed by atoms with E-state index in [0.29, 0.717) is 35.3 Å². The number of nitrogens with two attached hydrogens (primary N) is 1. The summed E-state index contributed by atoms with van der Waals surface area (Å²) in [6, 6.07) is 21.5. The van der Waals surface area contributed by atoms with Crippen molar-refractivity contribution in [3.8, 4) is 22.8 Å². The Morgan fingerprint density at radius 2 is 1.66 bits per heavy atom. The molecule has 2 fully saturated rings. The summed E-state index contributed by atoms with van der Waals surface area (Å²) >= 11 is 6.82. The normalized spacial score (nSPS) is 19.9. The third-order valence-corrected chi connectivity index (χ3v) is 10.2. The van der Waals surface area contributed by atoms with Crippen molar-refractivity contribution < 1.29 is 24.5 Å². The van der Waals surface area contributed by atoms with Crippen LogP contribution in [-0.4, -0.2) is 97.9 Å². The largest absolute Gasteiger partial charge is 0.507 e. The number of halogens is 1. The number of hydrogen-bond donors (Lipinski definition) is 4. The first-order valence-electron chi connectivity index (χ1n) is 17.7. The Balaban J connectivity index is 0.000000315. The van der Waals surface area contributed by atoms with Crippen LogP contribution in [0.3, 0.4) is 0 Å². The lowest BCUT2D eigenvalue weighted by Crippen LogP contribution is -2.49. The first-order chi connectivity index (χ1) is 25.6. The third kappa shape index (κ3) is 8.87. The van der Waals surface area contributed by atoms with Gasteiger partial charge in [0.25, 0.3) is 5.97 Å². The second-order valence-corrected chi connectivity index (χ2v) is 13.9. The standard InChI is InChI=1S/C30H35ClN8O.C7H6O2.C2H4O2/c1-37-12-14-38(15-13-37)20-7-9-21(10-8-20)39-30-27(29(32)33-18-34-30)28(36-39)19-6-11-24(23(31)16-19)35-25-17-40-26-5-3-2-4-22(25)26;8-5-6-3-1-2-4-7(6)9;1-2(3)4/h2-6,11,16,18,20-21,25,35H,7-10,12-15,17H2,1H3,(H2,32,33,34);1-5,9H;1H3,(H,3,4). The van der Waals surface area contributed by atoms with Crippen molar-refractivity contribution in [3.63, 3.8) is 0 Å². The van der Waals surface area contributed by atoms with Crippen molar-refractivity contribution >= 4 is 46.4 Å². The number of carboxylic acids is 1. The monoisotopic (exact) mass is 740 g/mol. The van der Waals surface area contributed by atoms with Crippen molar-refractivity contribution in [2.45, 2.75) is 50.7 Å². The average molecular weight is 741 g/mol. The number of piperazine rings is 1. The maximum Gasteiger partial charge on any atom is 0.300 e. The Morgan fingerprint density at radius 1 is 0.981 bits per heavy atom. The van der Waals surface area contributed by atoms with Gasteiger partial charge in [0, 0.05) is 50.3 Å². The number of nitrogens with one attached hydrogen (secondary N) is 1. The number of para-hydroxylation sites is 2. The van der Waals surface area contributed by atoms with E-state index in [4.69, 9.17) is 42.2 Å². The number of aromatic nitrogens is 4. The zero-order chi connectivity index (χ0) is 37.5. The zero-order valence-electron chi connectivity index (χ0n) is 29.9. The van der Waals surface area contributed by atoms with Gasteiger partial charge >= 0.3 is 0 Å². The van der Waals surface area contributed by atoms with Crippen LogP contribution in [0.2, 0.25) is 5.02 Å². The second-order valence-electron chi connectivity index (χ2n) is 13.5. The number of likely N-dealkylation sites (N-methyl/N-ethyl adjacent to an activating group) is 1. The lowest BCUT2D eigenvalue weighted by atomic mass is 9.90. The van der Waals surface area contributed by atoms with E-state index >= 15 is 0 Å². The van der Waals surface area contributed by atoms with Crippen LogP contribution in [0, 0.1) is 0 Å². The highest BCUT2D eigenvalue weighted by Gasteiger charge is 2.31. The van der Waals surface area contributed by atoms with Gasteiger partial charge in [0.05, 0.1) is 33.7 Å². The molecule has 14 heteroatoms. The number of carbonyl (C=O) groups is 2. The number of hydrogen-bond acceptors (Lipinski definition) is 11. The number of anilines is 2. The van der Waals surface area contributed by atoms with Crippen molar-refractivity contribution in [2.24, 2.45) is 0 Å². The molecule has 0 amide bonds. The average Bonchev–Trinajstić information content (AvgIpc) is 3.76. The first-order valence-corrected chi connectivity index (χ1v) is 18.1. The van der Waals surface area contributed by atoms with Crippen LogP contribution < -0.4 is 15.8 Å². The van der Waals surface area contributed by atoms with Gasteiger partial charge in [0.2, 0.25) is 0 Å². The van der Waals surface area contributed by atoms with Crippen molar-refractivity contribution in [1.82, 2.24) is 29.5 Å². The first kappa shape index (κ1) is 37.5. The molecule has 2 aromatic heterocycles. The molecule has 1 saturated heterocycles. The van der Waals surface area contributed by atoms with Crippen LogP contribution in [0.5, 0.6) is 11.5 Å². The Bertz CT molecular complexity index is 2040. The number of aromatic hydroxyl groups is 1. The molecular weight excluding hydrogens is 696 g/mol. The fourth-order valence-corrected chi connectivity index (χ4v) is 7.38. The van der Waals surface area contributed by atoms with Gasteiger partial charge in [-0.15, -0.1) is 0 Å². The van der Waals surface area contributed by atoms with Gasteiger partial charge in [-0.2, -0.15) is 5.10 Å². The summed E-state index contributed by atoms with van der Waals surface area (Å²) in [6.45, 7) is 6.29. The van der Waals surface area contributed by atoms with E-state index in [1.54, 1.807) is 18.2 Å². The highest BCUT2D eigenvalue weighted by atomic mass is 35.5. The zero-order valence-corrected chi connectivity index (χ0v) is 30.6. The highest BCUT2D eigenvalue weighted by Crippen LogP contribution is 2.40. The Morgan fingerprint density at radius 3 is 2.34 bits per heavy atom. The summed E-state index contributed by atoms with van der Waals surface area (Å²) in [5, 5.41) is 26.4. The third-order valence-electron chi connectivity index (χ3n) is 9.92. The molecule has 0 bridgehead atoms. The number of aliphatic carboxylic acids is 1. The summed E-state index contributed by atoms with van der Waals surface area (Å²) < 4.78 is 7.93. The Labute approximate surface area is 313 Å². The molecule has 13 nitrogen and oxygen atoms in total. The van der Waals surface area contributed by atoms with Crippen LogP contribution in [0.25, 0.3) is 22.3 Å². The van der Waals surface area contributed by atoms with Crippen molar-refractivity contribution in [1.29, 1.82) is 0 Å². The van der Waals surface area contributed by atoms with E-state index in [9.17, 15) is 4.79 Å². The second kappa shape index (κ2) is 17.1. The Hall–Kier alpha value is -5.24. The van der Waals surface area contributed by atoms with Gasteiger partial charge in [-0.3, -0.25) is 14.5 Å². The van der Waals surface area contributed by atoms with Gasteiger partial charge < -0.3 is 30.9 Å². The summed E-state index contributed by atoms with van der Waals surface area (Å²) in [7, 11) is 2.21. The summed E-state index contributed by atoms with van der Waals surface area (Å²) in [5.74, 6) is 0.556. The number of carbonyl (C=O) groups excluding carboxylic acids is 1. The SMILES string of the molecule is CC(=O)O.CN1CCN(C2CCC(n3nc(-c4ccc(NC5COc6ccccc65)c(Cl)c4)c4c(N)ncnc43)CC2)CC1.O=Cc1ccccc1O. The minimum Gasteiger partial charge on any atom is -0.507 e. The lowest BCUT2D eigenvalue weighted by molar-refractivity contribution is -0.134. The minimum absolute atomic E-state index is 0.0347. The molecule has 0 spiro atoms. The molecule has 0 radical (unpaired) electrons. The molecule has 8 rings (SSSR count). The summed E-state index contributed by atoms with van der Waals surface area (Å²) in [5.41, 5.74) is 11.2. The number of fused-ring (bicyclic) bond motifs is 2. The van der Waals surface area contributed by atoms with E-state index in [-0.39, 0.29) is 17.8 Å². The fourth-order valence-electron chi connectivity index (χ4n) is 7.14. The summed E-state index contributed by atoms with van der Waals surface area (Å²) in [6.07, 6.45) is 6.65. The number of phenolic OH excluding ortho intramolecular Hbond substituents is 1. The summed E-state index contributed by atoms with van der Waals surface area (Å²) in [4.78, 5) is 33.1. The number of ether oxygens (including phenoxy) is 1. The number of phenols is 1. The molecule has 4 heterocycles. The number of carboxylic acid groups (broad SMARTS) is 1. The van der Waals surface area contributed by atoms with Gasteiger partial charge in [0.15, 0.2) is 11.9 Å². The molecule has 5 N–H and O–H groups in total. The molecular formula is C39H45ClN8O5. The van der Waals surface area contributed by atoms with E-state index in [2.05, 4.69) is 42.9 Å². The van der Waals surface area contributed by atoms with E-state index < -0.39 is 5.97 Å². The van der Waals surface area contributed by atoms with Gasteiger partial charge in [-0.05, 0) is 63.1 Å². The molecule has 1 aliphatic carbocycles. The predicted octanol–water partition coefficient (Wildman–Crippen LogP) is 6.30. The maximum atomic E-state index is 10.1. The van der Waals surface area contributed by atoms with E-state index in [0.717, 1.165) is 85.2 Å². The molecule has 3 aliphatic rings. The van der Waals surface area contributed by atoms with Crippen LogP contribution in [0.4, 0.5) is 11.5 Å². The fraction of sp³-hybridized carbons (Fsp3) is 0.359. The van der Waals surface area contributed by atoms with E-state index in [1.165, 1.54) is 25.2 Å². The number of nitrogens with zero attached hydrogens (tertiary/aromatic N) is 6. The van der Waals surface area contributed by atoms with Crippen LogP contribution in [0.15, 0.2) is 73.1 Å². The number of rotatable bonds is 6. The molecule has 1 unspecified atom stereocenters. The van der Waals surface area contributed by atoms with Gasteiger partial charge in [0.1, 0.15) is 35.9 Å². The molecule has 1 saturated carbocycles. The Kier molecular flexibility index (Phi) is 12.1. The van der Waals surface area contributed by atoms with Crippen LogP contribution in [0.1, 0.15) is 60.6 Å². The molecule has 1 atom stereocenters. The van der Waals surface area contributed by atoms with Gasteiger partial charge in [-0.1, -0.05) is 48.0 Å². The van der Waals surface area contributed by atoms with E-state index in [1.807, 2.05) is 36.4 Å². The van der Waals surface area contributed by atoms with Crippen molar-refractivity contribution in [2.75, 3.05) is 50.9 Å². The maximum absolute atomic E-state index is 10.1. The lowest BCUT2D eigenvalue weighted by Gasteiger charge is -2.41. The highest BCUT2D eigenvalue weighted by molar-refractivity contribution is 6.33. The smallest absolute Gasteiger partial charge is 0.300 e. The molecule has 5 aromatic rings. The quantitative estimate of drug-likeness (QED) is 0.143. The number of aldehydes is 1. The number of nitrogen functional groups attached to an aromatic ring is 1. The minimum atomic E-state index is -0.833. The molecule has 3 aromatic carbocycles.